The van der Waals surface area contributed by atoms with Gasteiger partial charge in [0.15, 0.2) is 15.6 Å². The van der Waals surface area contributed by atoms with Gasteiger partial charge < -0.3 is 15.1 Å². The van der Waals surface area contributed by atoms with Crippen molar-refractivity contribution >= 4 is 69.0 Å². The van der Waals surface area contributed by atoms with Crippen molar-refractivity contribution in [2.24, 2.45) is 5.92 Å². The number of nitrogens with one attached hydrogen (secondary N) is 3. The SMILES string of the molecule is Cl.Cl.O=C(Cc1csc(NC(=O)c2ccc(Br)o2)n1)NCC1CNC1. The fraction of sp³-hybridized carbons (Fsp3) is 0.357. The fourth-order valence-corrected chi connectivity index (χ4v) is 3.03. The number of amides is 2. The molecule has 0 unspecified atom stereocenters. The predicted molar refractivity (Wildman–Crippen MR) is 104 cm³/mol. The molecule has 138 valence electrons. The van der Waals surface area contributed by atoms with E-state index in [-0.39, 0.29) is 48.8 Å². The first-order valence-electron chi connectivity index (χ1n) is 7.08. The molecule has 1 fully saturated rings. The van der Waals surface area contributed by atoms with Crippen molar-refractivity contribution in [2.75, 3.05) is 25.0 Å². The van der Waals surface area contributed by atoms with E-state index in [4.69, 9.17) is 4.42 Å². The molecule has 0 bridgehead atoms. The van der Waals surface area contributed by atoms with Gasteiger partial charge in [-0.05, 0) is 28.1 Å². The molecule has 11 heteroatoms. The van der Waals surface area contributed by atoms with Crippen molar-refractivity contribution in [1.82, 2.24) is 15.6 Å². The van der Waals surface area contributed by atoms with Crippen LogP contribution in [-0.4, -0.2) is 36.4 Å². The summed E-state index contributed by atoms with van der Waals surface area (Å²) < 4.78 is 5.66. The lowest BCUT2D eigenvalue weighted by molar-refractivity contribution is -0.120. The summed E-state index contributed by atoms with van der Waals surface area (Å²) in [7, 11) is 0. The number of halogens is 3. The van der Waals surface area contributed by atoms with Crippen molar-refractivity contribution in [3.8, 4) is 0 Å². The summed E-state index contributed by atoms with van der Waals surface area (Å²) in [4.78, 5) is 28.0. The second-order valence-electron chi connectivity index (χ2n) is 5.21. The van der Waals surface area contributed by atoms with Gasteiger partial charge in [-0.25, -0.2) is 4.98 Å². The number of anilines is 1. The lowest BCUT2D eigenvalue weighted by Crippen LogP contribution is -2.48. The summed E-state index contributed by atoms with van der Waals surface area (Å²) in [5, 5.41) is 10.9. The molecule has 3 heterocycles. The Morgan fingerprint density at radius 3 is 2.72 bits per heavy atom. The number of hydrogen-bond donors (Lipinski definition) is 3. The minimum Gasteiger partial charge on any atom is -0.444 e. The smallest absolute Gasteiger partial charge is 0.293 e. The molecule has 3 rings (SSSR count). The van der Waals surface area contributed by atoms with Gasteiger partial charge in [-0.3, -0.25) is 14.9 Å². The molecule has 25 heavy (non-hydrogen) atoms. The Labute approximate surface area is 169 Å². The van der Waals surface area contributed by atoms with Crippen LogP contribution in [0.4, 0.5) is 5.13 Å². The Hall–Kier alpha value is -1.13. The topological polar surface area (TPSA) is 96.3 Å². The van der Waals surface area contributed by atoms with Crippen LogP contribution in [0.3, 0.4) is 0 Å². The maximum Gasteiger partial charge on any atom is 0.293 e. The van der Waals surface area contributed by atoms with Crippen LogP contribution in [0.1, 0.15) is 16.2 Å². The highest BCUT2D eigenvalue weighted by Gasteiger charge is 2.18. The monoisotopic (exact) mass is 470 g/mol. The lowest BCUT2D eigenvalue weighted by Gasteiger charge is -2.26. The van der Waals surface area contributed by atoms with E-state index in [1.807, 2.05) is 0 Å². The number of carbonyl (C=O) groups is 2. The van der Waals surface area contributed by atoms with Gasteiger partial charge in [-0.1, -0.05) is 0 Å². The molecule has 7 nitrogen and oxygen atoms in total. The molecule has 0 radical (unpaired) electrons. The number of carbonyl (C=O) groups excluding carboxylic acids is 2. The van der Waals surface area contributed by atoms with Crippen LogP contribution in [0.15, 0.2) is 26.6 Å². The maximum atomic E-state index is 11.9. The van der Waals surface area contributed by atoms with E-state index in [0.29, 0.717) is 28.0 Å². The number of rotatable bonds is 6. The van der Waals surface area contributed by atoms with Crippen molar-refractivity contribution in [3.63, 3.8) is 0 Å². The number of nitrogens with zero attached hydrogens (tertiary/aromatic N) is 1. The Balaban J connectivity index is 0.00000156. The van der Waals surface area contributed by atoms with Crippen LogP contribution in [0.25, 0.3) is 0 Å². The Morgan fingerprint density at radius 1 is 1.36 bits per heavy atom. The van der Waals surface area contributed by atoms with Gasteiger partial charge in [0.1, 0.15) is 0 Å². The summed E-state index contributed by atoms with van der Waals surface area (Å²) in [6.45, 7) is 2.60. The Morgan fingerprint density at radius 2 is 2.12 bits per heavy atom. The van der Waals surface area contributed by atoms with Crippen LogP contribution in [0.5, 0.6) is 0 Å². The molecule has 2 aromatic heterocycles. The van der Waals surface area contributed by atoms with Crippen molar-refractivity contribution in [2.45, 2.75) is 6.42 Å². The fourth-order valence-electron chi connectivity index (χ4n) is 2.02. The molecule has 0 atom stereocenters. The zero-order valence-electron chi connectivity index (χ0n) is 12.9. The van der Waals surface area contributed by atoms with E-state index < -0.39 is 0 Å². The molecule has 3 N–H and O–H groups in total. The minimum atomic E-state index is -0.376. The van der Waals surface area contributed by atoms with Crippen LogP contribution in [-0.2, 0) is 11.2 Å². The highest BCUT2D eigenvalue weighted by Crippen LogP contribution is 2.19. The molecule has 0 aromatic carbocycles. The third-order valence-electron chi connectivity index (χ3n) is 3.36. The summed E-state index contributed by atoms with van der Waals surface area (Å²) >= 11 is 4.42. The van der Waals surface area contributed by atoms with Gasteiger partial charge in [0.25, 0.3) is 5.91 Å². The molecule has 1 saturated heterocycles. The average molecular weight is 472 g/mol. The maximum absolute atomic E-state index is 11.9. The third-order valence-corrected chi connectivity index (χ3v) is 4.60. The van der Waals surface area contributed by atoms with Crippen LogP contribution >= 0.6 is 52.1 Å². The van der Waals surface area contributed by atoms with Crippen LogP contribution in [0, 0.1) is 5.92 Å². The van der Waals surface area contributed by atoms with Gasteiger partial charge >= 0.3 is 0 Å². The summed E-state index contributed by atoms with van der Waals surface area (Å²) in [6.07, 6.45) is 0.207. The van der Waals surface area contributed by atoms with Gasteiger partial charge in [0.05, 0.1) is 12.1 Å². The molecule has 0 spiro atoms. The lowest BCUT2D eigenvalue weighted by atomic mass is 10.0. The molecular weight excluding hydrogens is 455 g/mol. The highest BCUT2D eigenvalue weighted by atomic mass is 79.9. The molecular formula is C14H17BrCl2N4O3S. The second-order valence-corrected chi connectivity index (χ2v) is 6.85. The minimum absolute atomic E-state index is 0. The number of furan rings is 1. The molecule has 1 aliphatic rings. The normalized spacial score (nSPS) is 13.2. The van der Waals surface area contributed by atoms with Gasteiger partial charge in [-0.15, -0.1) is 36.2 Å². The Kier molecular flexibility index (Phi) is 8.87. The first-order chi connectivity index (χ1) is 11.1. The average Bonchev–Trinajstić information content (AvgIpc) is 3.06. The first kappa shape index (κ1) is 21.9. The van der Waals surface area contributed by atoms with E-state index >= 15 is 0 Å². The van der Waals surface area contributed by atoms with Crippen LogP contribution < -0.4 is 16.0 Å². The molecule has 0 aliphatic carbocycles. The van der Waals surface area contributed by atoms with E-state index in [0.717, 1.165) is 13.1 Å². The van der Waals surface area contributed by atoms with Gasteiger partial charge in [-0.2, -0.15) is 0 Å². The molecule has 1 aliphatic heterocycles. The van der Waals surface area contributed by atoms with E-state index in [1.165, 1.54) is 11.3 Å². The van der Waals surface area contributed by atoms with Gasteiger partial charge in [0.2, 0.25) is 5.91 Å². The molecule has 2 aromatic rings. The van der Waals surface area contributed by atoms with Crippen molar-refractivity contribution in [3.05, 3.63) is 33.6 Å². The Bertz CT molecular complexity index is 721. The second kappa shape index (κ2) is 10.1. The number of hydrogen-bond acceptors (Lipinski definition) is 6. The number of aromatic nitrogens is 1. The third kappa shape index (κ3) is 6.27. The summed E-state index contributed by atoms with van der Waals surface area (Å²) in [5.74, 6) is 0.283. The molecule has 2 amide bonds. The largest absolute Gasteiger partial charge is 0.444 e. The predicted octanol–water partition coefficient (Wildman–Crippen LogP) is 2.47. The van der Waals surface area contributed by atoms with E-state index in [2.05, 4.69) is 36.9 Å². The summed E-state index contributed by atoms with van der Waals surface area (Å²) in [5.41, 5.74) is 0.634. The first-order valence-corrected chi connectivity index (χ1v) is 8.76. The van der Waals surface area contributed by atoms with E-state index in [1.54, 1.807) is 17.5 Å². The quantitative estimate of drug-likeness (QED) is 0.601. The highest BCUT2D eigenvalue weighted by molar-refractivity contribution is 9.10. The standard InChI is InChI=1S/C14H15BrN4O3S.2ClH/c15-11-2-1-10(22-11)13(21)19-14-18-9(7-23-14)3-12(20)17-6-8-4-16-5-8;;/h1-2,7-8,16H,3-6H2,(H,17,20)(H,18,19,21);2*1H. The van der Waals surface area contributed by atoms with Gasteiger partial charge in [0, 0.05) is 30.9 Å². The summed E-state index contributed by atoms with van der Waals surface area (Å²) in [6, 6.07) is 3.21. The zero-order chi connectivity index (χ0) is 16.2. The van der Waals surface area contributed by atoms with Crippen LogP contribution in [0.2, 0.25) is 0 Å². The number of thiazole rings is 1. The van der Waals surface area contributed by atoms with E-state index in [9.17, 15) is 9.59 Å². The van der Waals surface area contributed by atoms with Crippen molar-refractivity contribution in [1.29, 1.82) is 0 Å². The zero-order valence-corrected chi connectivity index (χ0v) is 16.9. The van der Waals surface area contributed by atoms with Crippen molar-refractivity contribution < 1.29 is 14.0 Å². The molecule has 0 saturated carbocycles.